The molecule has 0 radical (unpaired) electrons. The van der Waals surface area contributed by atoms with Crippen molar-refractivity contribution in [1.82, 2.24) is 0 Å². The molecule has 1 heteroatoms. The first-order chi connectivity index (χ1) is 13.8. The van der Waals surface area contributed by atoms with Gasteiger partial charge in [-0.25, -0.2) is 0 Å². The first-order valence-electron chi connectivity index (χ1n) is 12.7. The van der Waals surface area contributed by atoms with Gasteiger partial charge >= 0.3 is 0 Å². The van der Waals surface area contributed by atoms with Crippen molar-refractivity contribution in [3.05, 3.63) is 28.8 Å². The van der Waals surface area contributed by atoms with Crippen LogP contribution in [0.25, 0.3) is 0 Å². The smallest absolute Gasteiger partial charge is 0.123 e. The molecule has 0 heterocycles. The van der Waals surface area contributed by atoms with E-state index in [1.54, 1.807) is 0 Å². The van der Waals surface area contributed by atoms with Gasteiger partial charge in [-0.05, 0) is 88.2 Å². The third-order valence-electron chi connectivity index (χ3n) is 7.87. The molecule has 3 atom stereocenters. The Bertz CT molecular complexity index is 708. The van der Waals surface area contributed by atoms with Crippen LogP contribution in [0.2, 0.25) is 0 Å². The second-order valence-corrected chi connectivity index (χ2v) is 14.8. The van der Waals surface area contributed by atoms with Gasteiger partial charge in [0.25, 0.3) is 0 Å². The van der Waals surface area contributed by atoms with Crippen LogP contribution in [0, 0.1) is 28.6 Å². The average molecular weight is 429 g/mol. The van der Waals surface area contributed by atoms with Crippen molar-refractivity contribution in [3.8, 4) is 5.75 Å². The maximum Gasteiger partial charge on any atom is 0.123 e. The van der Waals surface area contributed by atoms with Gasteiger partial charge < -0.3 is 5.11 Å². The van der Waals surface area contributed by atoms with Crippen LogP contribution in [-0.2, 0) is 17.3 Å². The van der Waals surface area contributed by atoms with Gasteiger partial charge in [-0.3, -0.25) is 0 Å². The molecule has 3 unspecified atom stereocenters. The highest BCUT2D eigenvalue weighted by Gasteiger charge is 2.37. The summed E-state index contributed by atoms with van der Waals surface area (Å²) in [7, 11) is 0. The molecular weight excluding hydrogens is 376 g/mol. The van der Waals surface area contributed by atoms with Crippen LogP contribution < -0.4 is 0 Å². The molecule has 1 aliphatic rings. The SMILES string of the molecule is CC(C)(C)c1cc(CC2CCC(C(C)(C)C)CC(C(C)(C)C)C2)cc(C(C)(C)C)c1O. The van der Waals surface area contributed by atoms with Crippen LogP contribution in [0.3, 0.4) is 0 Å². The van der Waals surface area contributed by atoms with Crippen LogP contribution in [-0.4, -0.2) is 5.11 Å². The van der Waals surface area contributed by atoms with E-state index in [0.29, 0.717) is 16.6 Å². The Morgan fingerprint density at radius 1 is 0.677 bits per heavy atom. The third kappa shape index (κ3) is 6.75. The largest absolute Gasteiger partial charge is 0.507 e. The summed E-state index contributed by atoms with van der Waals surface area (Å²) in [5, 5.41) is 11.1. The van der Waals surface area contributed by atoms with Crippen LogP contribution in [0.4, 0.5) is 0 Å². The second kappa shape index (κ2) is 8.75. The minimum atomic E-state index is -0.0607. The maximum atomic E-state index is 11.1. The summed E-state index contributed by atoms with van der Waals surface area (Å²) in [6.07, 6.45) is 6.49. The predicted molar refractivity (Wildman–Crippen MR) is 137 cm³/mol. The van der Waals surface area contributed by atoms with Crippen molar-refractivity contribution in [2.24, 2.45) is 28.6 Å². The summed E-state index contributed by atoms with van der Waals surface area (Å²) >= 11 is 0. The molecule has 1 aliphatic carbocycles. The number of phenols is 1. The van der Waals surface area contributed by atoms with Crippen molar-refractivity contribution in [3.63, 3.8) is 0 Å². The summed E-state index contributed by atoms with van der Waals surface area (Å²) < 4.78 is 0. The predicted octanol–water partition coefficient (Wildman–Crippen LogP) is 9.04. The molecule has 0 saturated heterocycles. The Balaban J connectivity index is 2.42. The lowest BCUT2D eigenvalue weighted by molar-refractivity contribution is 0.133. The lowest BCUT2D eigenvalue weighted by Crippen LogP contribution is -2.28. The van der Waals surface area contributed by atoms with E-state index in [1.807, 2.05) is 0 Å². The summed E-state index contributed by atoms with van der Waals surface area (Å²) in [5.41, 5.74) is 4.24. The van der Waals surface area contributed by atoms with Crippen molar-refractivity contribution in [1.29, 1.82) is 0 Å². The summed E-state index contributed by atoms with van der Waals surface area (Å²) in [5.74, 6) is 2.80. The fourth-order valence-corrected chi connectivity index (χ4v) is 5.48. The molecule has 1 N–H and O–H groups in total. The van der Waals surface area contributed by atoms with Gasteiger partial charge in [-0.15, -0.1) is 0 Å². The molecule has 1 aromatic carbocycles. The van der Waals surface area contributed by atoms with E-state index in [1.165, 1.54) is 31.2 Å². The number of phenolic OH excluding ortho intramolecular Hbond substituents is 1. The number of hydrogen-bond acceptors (Lipinski definition) is 1. The number of rotatable bonds is 2. The molecule has 1 aromatic rings. The molecule has 178 valence electrons. The van der Waals surface area contributed by atoms with Crippen molar-refractivity contribution in [2.45, 2.75) is 126 Å². The Hall–Kier alpha value is -0.980. The van der Waals surface area contributed by atoms with Crippen LogP contribution in [0.1, 0.15) is 125 Å². The Kier molecular flexibility index (Phi) is 7.42. The lowest BCUT2D eigenvalue weighted by Gasteiger charge is -2.37. The van der Waals surface area contributed by atoms with E-state index in [-0.39, 0.29) is 10.8 Å². The highest BCUT2D eigenvalue weighted by molar-refractivity contribution is 5.50. The van der Waals surface area contributed by atoms with Gasteiger partial charge in [0.2, 0.25) is 0 Å². The van der Waals surface area contributed by atoms with E-state index in [2.05, 4.69) is 95.2 Å². The van der Waals surface area contributed by atoms with Crippen molar-refractivity contribution >= 4 is 0 Å². The fraction of sp³-hybridized carbons (Fsp3) is 0.800. The first kappa shape index (κ1) is 26.3. The molecule has 0 aliphatic heterocycles. The number of benzene rings is 1. The zero-order chi connectivity index (χ0) is 24.0. The fourth-order valence-electron chi connectivity index (χ4n) is 5.48. The Labute approximate surface area is 194 Å². The molecule has 31 heavy (non-hydrogen) atoms. The highest BCUT2D eigenvalue weighted by atomic mass is 16.3. The summed E-state index contributed by atoms with van der Waals surface area (Å²) in [4.78, 5) is 0. The zero-order valence-corrected chi connectivity index (χ0v) is 22.9. The van der Waals surface area contributed by atoms with Crippen molar-refractivity contribution in [2.75, 3.05) is 0 Å². The second-order valence-electron chi connectivity index (χ2n) is 14.8. The standard InChI is InChI=1S/C30H52O/c1-27(2,3)22-14-13-20(16-23(19-22)28(4,5)6)15-21-17-24(29(7,8)9)26(31)25(18-21)30(10,11)12/h17-18,20,22-23,31H,13-16,19H2,1-12H3. The van der Waals surface area contributed by atoms with E-state index >= 15 is 0 Å². The van der Waals surface area contributed by atoms with Gasteiger partial charge in [-0.2, -0.15) is 0 Å². The zero-order valence-electron chi connectivity index (χ0n) is 22.9. The van der Waals surface area contributed by atoms with E-state index in [0.717, 1.165) is 35.3 Å². The van der Waals surface area contributed by atoms with Gasteiger partial charge in [0, 0.05) is 0 Å². The van der Waals surface area contributed by atoms with Crippen molar-refractivity contribution < 1.29 is 5.11 Å². The molecule has 1 saturated carbocycles. The van der Waals surface area contributed by atoms with Gasteiger partial charge in [0.1, 0.15) is 5.75 Å². The molecule has 1 nitrogen and oxygen atoms in total. The van der Waals surface area contributed by atoms with E-state index in [4.69, 9.17) is 0 Å². The Morgan fingerprint density at radius 2 is 1.13 bits per heavy atom. The molecule has 0 amide bonds. The van der Waals surface area contributed by atoms with Crippen LogP contribution in [0.15, 0.2) is 12.1 Å². The Morgan fingerprint density at radius 3 is 1.52 bits per heavy atom. The molecule has 0 aromatic heterocycles. The van der Waals surface area contributed by atoms with Gasteiger partial charge in [-0.1, -0.05) is 95.2 Å². The number of hydrogen-bond donors (Lipinski definition) is 1. The minimum Gasteiger partial charge on any atom is -0.507 e. The summed E-state index contributed by atoms with van der Waals surface area (Å²) in [6.45, 7) is 27.9. The van der Waals surface area contributed by atoms with E-state index in [9.17, 15) is 5.11 Å². The minimum absolute atomic E-state index is 0.0607. The highest BCUT2D eigenvalue weighted by Crippen LogP contribution is 2.47. The average Bonchev–Trinajstić information content (AvgIpc) is 2.76. The lowest BCUT2D eigenvalue weighted by atomic mass is 9.68. The molecule has 0 spiro atoms. The van der Waals surface area contributed by atoms with Gasteiger partial charge in [0.15, 0.2) is 0 Å². The first-order valence-corrected chi connectivity index (χ1v) is 12.7. The molecule has 0 bridgehead atoms. The maximum absolute atomic E-state index is 11.1. The molecular formula is C30H52O. The topological polar surface area (TPSA) is 20.2 Å². The quantitative estimate of drug-likeness (QED) is 0.466. The van der Waals surface area contributed by atoms with Crippen LogP contribution >= 0.6 is 0 Å². The molecule has 2 rings (SSSR count). The number of aromatic hydroxyl groups is 1. The van der Waals surface area contributed by atoms with Gasteiger partial charge in [0.05, 0.1) is 0 Å². The third-order valence-corrected chi connectivity index (χ3v) is 7.87. The normalized spacial score (nSPS) is 24.2. The van der Waals surface area contributed by atoms with E-state index < -0.39 is 0 Å². The molecule has 1 fully saturated rings. The van der Waals surface area contributed by atoms with Crippen LogP contribution in [0.5, 0.6) is 5.75 Å². The monoisotopic (exact) mass is 428 g/mol. The summed E-state index contributed by atoms with van der Waals surface area (Å²) in [6, 6.07) is 4.62.